The molecule has 2 unspecified atom stereocenters. The fourth-order valence-electron chi connectivity index (χ4n) is 2.67. The van der Waals surface area contributed by atoms with E-state index >= 15 is 0 Å². The van der Waals surface area contributed by atoms with Crippen LogP contribution in [0.5, 0.6) is 0 Å². The summed E-state index contributed by atoms with van der Waals surface area (Å²) in [5, 5.41) is 10.8. The number of nitrogens with zero attached hydrogens (tertiary/aromatic N) is 1. The number of amides is 1. The minimum Gasteiger partial charge on any atom is -0.392 e. The van der Waals surface area contributed by atoms with Gasteiger partial charge in [0.15, 0.2) is 0 Å². The Balaban J connectivity index is 1.88. The first kappa shape index (κ1) is 10.9. The average Bonchev–Trinajstić information content (AvgIpc) is 2.75. The normalized spacial score (nSPS) is 30.1. The van der Waals surface area contributed by atoms with Gasteiger partial charge in [-0.25, -0.2) is 5.43 Å². The van der Waals surface area contributed by atoms with Crippen LogP contribution in [-0.4, -0.2) is 34.7 Å². The van der Waals surface area contributed by atoms with Crippen LogP contribution in [0.3, 0.4) is 0 Å². The molecule has 1 heterocycles. The molecule has 0 aromatic carbocycles. The summed E-state index contributed by atoms with van der Waals surface area (Å²) in [6.45, 7) is 2.11. The predicted octanol–water partition coefficient (Wildman–Crippen LogP) is 0.663. The van der Waals surface area contributed by atoms with Gasteiger partial charge in [-0.2, -0.15) is 0 Å². The summed E-state index contributed by atoms with van der Waals surface area (Å²) < 4.78 is 0. The van der Waals surface area contributed by atoms with Crippen molar-refractivity contribution in [1.82, 2.24) is 10.4 Å². The first-order valence-electron chi connectivity index (χ1n) is 5.91. The lowest BCUT2D eigenvalue weighted by atomic mass is 9.97. The first-order valence-corrected chi connectivity index (χ1v) is 5.91. The highest BCUT2D eigenvalue weighted by molar-refractivity contribution is 5.78. The van der Waals surface area contributed by atoms with Crippen molar-refractivity contribution in [3.05, 3.63) is 0 Å². The second kappa shape index (κ2) is 4.49. The van der Waals surface area contributed by atoms with Crippen molar-refractivity contribution in [3.63, 3.8) is 0 Å². The smallest absolute Gasteiger partial charge is 0.238 e. The number of hydrazine groups is 1. The van der Waals surface area contributed by atoms with E-state index < -0.39 is 6.10 Å². The van der Waals surface area contributed by atoms with Crippen LogP contribution < -0.4 is 5.43 Å². The molecule has 1 saturated heterocycles. The van der Waals surface area contributed by atoms with Gasteiger partial charge in [-0.1, -0.05) is 12.8 Å². The Morgan fingerprint density at radius 2 is 2.20 bits per heavy atom. The number of aliphatic hydroxyl groups excluding tert-OH is 1. The Morgan fingerprint density at radius 1 is 1.53 bits per heavy atom. The van der Waals surface area contributed by atoms with Gasteiger partial charge in [-0.3, -0.25) is 9.80 Å². The molecule has 0 spiro atoms. The molecule has 0 radical (unpaired) electrons. The van der Waals surface area contributed by atoms with Crippen molar-refractivity contribution in [2.45, 2.75) is 51.2 Å². The summed E-state index contributed by atoms with van der Waals surface area (Å²) in [6.07, 6.45) is 5.24. The molecule has 0 aromatic rings. The van der Waals surface area contributed by atoms with E-state index in [2.05, 4.69) is 5.43 Å². The molecular weight excluding hydrogens is 192 g/mol. The first-order chi connectivity index (χ1) is 7.16. The zero-order valence-corrected chi connectivity index (χ0v) is 9.28. The highest BCUT2D eigenvalue weighted by Crippen LogP contribution is 2.31. The molecule has 86 valence electrons. The number of carbonyl (C=O) groups excluding carboxylic acids is 1. The highest BCUT2D eigenvalue weighted by atomic mass is 16.3. The van der Waals surface area contributed by atoms with Crippen LogP contribution in [-0.2, 0) is 4.79 Å². The lowest BCUT2D eigenvalue weighted by Crippen LogP contribution is -2.43. The SMILES string of the molecule is CC(O)CN1NC(C2CCCC2)CC1=O. The van der Waals surface area contributed by atoms with Crippen molar-refractivity contribution in [1.29, 1.82) is 0 Å². The summed E-state index contributed by atoms with van der Waals surface area (Å²) in [6, 6.07) is 0.318. The number of aliphatic hydroxyl groups is 1. The van der Waals surface area contributed by atoms with Gasteiger partial charge < -0.3 is 5.11 Å². The van der Waals surface area contributed by atoms with Crippen LogP contribution in [0.15, 0.2) is 0 Å². The number of hydrogen-bond donors (Lipinski definition) is 2. The monoisotopic (exact) mass is 212 g/mol. The minimum absolute atomic E-state index is 0.132. The van der Waals surface area contributed by atoms with Gasteiger partial charge in [0.25, 0.3) is 0 Å². The van der Waals surface area contributed by atoms with E-state index in [4.69, 9.17) is 0 Å². The van der Waals surface area contributed by atoms with E-state index in [1.807, 2.05) is 0 Å². The van der Waals surface area contributed by atoms with E-state index in [0.29, 0.717) is 24.9 Å². The molecule has 1 saturated carbocycles. The Kier molecular flexibility index (Phi) is 3.26. The largest absolute Gasteiger partial charge is 0.392 e. The molecule has 4 nitrogen and oxygen atoms in total. The molecule has 4 heteroatoms. The van der Waals surface area contributed by atoms with E-state index in [-0.39, 0.29) is 5.91 Å². The molecule has 15 heavy (non-hydrogen) atoms. The van der Waals surface area contributed by atoms with Gasteiger partial charge in [0.05, 0.1) is 12.6 Å². The zero-order valence-electron chi connectivity index (χ0n) is 9.28. The second-order valence-corrected chi connectivity index (χ2v) is 4.84. The van der Waals surface area contributed by atoms with Crippen LogP contribution in [0.2, 0.25) is 0 Å². The van der Waals surface area contributed by atoms with E-state index in [1.165, 1.54) is 25.7 Å². The van der Waals surface area contributed by atoms with E-state index in [1.54, 1.807) is 11.9 Å². The van der Waals surface area contributed by atoms with Crippen LogP contribution in [0, 0.1) is 5.92 Å². The maximum atomic E-state index is 11.6. The number of carbonyl (C=O) groups is 1. The van der Waals surface area contributed by atoms with Crippen LogP contribution >= 0.6 is 0 Å². The third-order valence-electron chi connectivity index (χ3n) is 3.43. The second-order valence-electron chi connectivity index (χ2n) is 4.84. The maximum Gasteiger partial charge on any atom is 0.238 e. The van der Waals surface area contributed by atoms with Crippen molar-refractivity contribution in [2.75, 3.05) is 6.54 Å². The third-order valence-corrected chi connectivity index (χ3v) is 3.43. The molecule has 1 aliphatic heterocycles. The quantitative estimate of drug-likeness (QED) is 0.722. The van der Waals surface area contributed by atoms with Crippen LogP contribution in [0.4, 0.5) is 0 Å². The molecule has 2 N–H and O–H groups in total. The lowest BCUT2D eigenvalue weighted by molar-refractivity contribution is -0.130. The van der Waals surface area contributed by atoms with Crippen molar-refractivity contribution >= 4 is 5.91 Å². The lowest BCUT2D eigenvalue weighted by Gasteiger charge is -2.22. The van der Waals surface area contributed by atoms with Crippen molar-refractivity contribution < 1.29 is 9.90 Å². The van der Waals surface area contributed by atoms with E-state index in [0.717, 1.165) is 0 Å². The average molecular weight is 212 g/mol. The van der Waals surface area contributed by atoms with Gasteiger partial charge in [-0.05, 0) is 25.7 Å². The molecule has 1 amide bonds. The summed E-state index contributed by atoms with van der Waals surface area (Å²) in [5.74, 6) is 0.792. The molecular formula is C11H20N2O2. The van der Waals surface area contributed by atoms with E-state index in [9.17, 15) is 9.90 Å². The van der Waals surface area contributed by atoms with Crippen LogP contribution in [0.1, 0.15) is 39.0 Å². The Bertz CT molecular complexity index is 237. The van der Waals surface area contributed by atoms with Gasteiger partial charge in [-0.15, -0.1) is 0 Å². The maximum absolute atomic E-state index is 11.6. The Hall–Kier alpha value is -0.610. The summed E-state index contributed by atoms with van der Waals surface area (Å²) in [4.78, 5) is 11.6. The fraction of sp³-hybridized carbons (Fsp3) is 0.909. The van der Waals surface area contributed by atoms with Gasteiger partial charge in [0.2, 0.25) is 5.91 Å². The number of β-amino-alcohol motifs (C(OH)–C–C–N with tert-alkyl or cyclic N) is 1. The van der Waals surface area contributed by atoms with Gasteiger partial charge in [0, 0.05) is 12.5 Å². The van der Waals surface area contributed by atoms with Crippen molar-refractivity contribution in [2.24, 2.45) is 5.92 Å². The molecule has 0 aromatic heterocycles. The van der Waals surface area contributed by atoms with Gasteiger partial charge in [0.1, 0.15) is 0 Å². The molecule has 2 rings (SSSR count). The molecule has 1 aliphatic carbocycles. The molecule has 2 fully saturated rings. The number of nitrogens with one attached hydrogen (secondary N) is 1. The molecule has 2 aliphatic rings. The third kappa shape index (κ3) is 2.49. The van der Waals surface area contributed by atoms with Crippen molar-refractivity contribution in [3.8, 4) is 0 Å². The Labute approximate surface area is 90.6 Å². The van der Waals surface area contributed by atoms with Crippen LogP contribution in [0.25, 0.3) is 0 Å². The molecule has 2 atom stereocenters. The number of rotatable bonds is 3. The summed E-state index contributed by atoms with van der Waals surface area (Å²) >= 11 is 0. The fourth-order valence-corrected chi connectivity index (χ4v) is 2.67. The number of hydrogen-bond acceptors (Lipinski definition) is 3. The predicted molar refractivity (Wildman–Crippen MR) is 56.9 cm³/mol. The minimum atomic E-state index is -0.455. The summed E-state index contributed by atoms with van der Waals surface area (Å²) in [5.41, 5.74) is 3.24. The van der Waals surface area contributed by atoms with Gasteiger partial charge >= 0.3 is 0 Å². The summed E-state index contributed by atoms with van der Waals surface area (Å²) in [7, 11) is 0. The topological polar surface area (TPSA) is 52.6 Å². The zero-order chi connectivity index (χ0) is 10.8. The standard InChI is InChI=1S/C11H20N2O2/c1-8(14)7-13-11(15)6-10(12-13)9-4-2-3-5-9/h8-10,12,14H,2-7H2,1H3. The Morgan fingerprint density at radius 3 is 2.80 bits per heavy atom. The molecule has 0 bridgehead atoms. The highest BCUT2D eigenvalue weighted by Gasteiger charge is 2.35.